The van der Waals surface area contributed by atoms with Gasteiger partial charge in [0.05, 0.1) is 16.2 Å². The molecule has 1 atom stereocenters. The first-order valence-corrected chi connectivity index (χ1v) is 5.57. The van der Waals surface area contributed by atoms with Crippen LogP contribution in [0.5, 0.6) is 0 Å². The van der Waals surface area contributed by atoms with Gasteiger partial charge in [-0.25, -0.2) is 8.78 Å². The van der Waals surface area contributed by atoms with E-state index in [0.29, 0.717) is 0 Å². The van der Waals surface area contributed by atoms with Crippen LogP contribution in [0, 0.1) is 11.6 Å². The molecule has 0 saturated heterocycles. The van der Waals surface area contributed by atoms with Crippen LogP contribution in [0.25, 0.3) is 0 Å². The van der Waals surface area contributed by atoms with Gasteiger partial charge in [0, 0.05) is 6.07 Å². The molecule has 1 rings (SSSR count). The van der Waals surface area contributed by atoms with E-state index >= 15 is 0 Å². The smallest absolute Gasteiger partial charge is 0.241 e. The minimum atomic E-state index is -0.835. The molecule has 1 aromatic rings. The first-order chi connectivity index (χ1) is 7.95. The molecule has 0 aliphatic rings. The summed E-state index contributed by atoms with van der Waals surface area (Å²) in [5.41, 5.74) is 5.24. The van der Waals surface area contributed by atoms with Crippen LogP contribution in [0.4, 0.5) is 14.5 Å². The molecule has 1 amide bonds. The predicted octanol–water partition coefficient (Wildman–Crippen LogP) is 2.57. The van der Waals surface area contributed by atoms with Crippen LogP contribution in [0.2, 0.25) is 0 Å². The minimum Gasteiger partial charge on any atom is -0.322 e. The second-order valence-electron chi connectivity index (χ2n) is 3.37. The van der Waals surface area contributed by atoms with Gasteiger partial charge >= 0.3 is 0 Å². The number of anilines is 1. The molecule has 6 heteroatoms. The third-order valence-electron chi connectivity index (χ3n) is 2.03. The number of hydrogen-bond acceptors (Lipinski definition) is 2. The monoisotopic (exact) mass is 304 g/mol. The number of hydrogen-bond donors (Lipinski definition) is 2. The summed E-state index contributed by atoms with van der Waals surface area (Å²) in [4.78, 5) is 11.5. The Bertz CT molecular complexity index is 451. The van der Waals surface area contributed by atoms with Gasteiger partial charge in [0.15, 0.2) is 0 Å². The molecule has 0 saturated carbocycles. The molecule has 1 aromatic carbocycles. The van der Waals surface area contributed by atoms with Crippen molar-refractivity contribution < 1.29 is 13.6 Å². The van der Waals surface area contributed by atoms with E-state index in [-0.39, 0.29) is 16.6 Å². The van der Waals surface area contributed by atoms with Crippen LogP contribution < -0.4 is 11.1 Å². The third-order valence-corrected chi connectivity index (χ3v) is 2.63. The largest absolute Gasteiger partial charge is 0.322 e. The number of carbonyl (C=O) groups is 1. The van der Waals surface area contributed by atoms with E-state index in [1.165, 1.54) is 6.08 Å². The number of amides is 1. The first kappa shape index (κ1) is 13.8. The summed E-state index contributed by atoms with van der Waals surface area (Å²) in [6.45, 7) is 3.43. The minimum absolute atomic E-state index is 0.0108. The molecule has 0 aliphatic heterocycles. The summed E-state index contributed by atoms with van der Waals surface area (Å²) in [7, 11) is 0. The molecular weight excluding hydrogens is 294 g/mol. The van der Waals surface area contributed by atoms with Crippen molar-refractivity contribution in [1.29, 1.82) is 0 Å². The number of nitrogens with one attached hydrogen (secondary N) is 1. The Kier molecular flexibility index (Phi) is 4.77. The Hall–Kier alpha value is -1.27. The molecular formula is C11H11BrF2N2O. The lowest BCUT2D eigenvalue weighted by Gasteiger charge is -2.11. The maximum atomic E-state index is 13.4. The quantitative estimate of drug-likeness (QED) is 0.663. The van der Waals surface area contributed by atoms with Crippen molar-refractivity contribution in [3.63, 3.8) is 0 Å². The van der Waals surface area contributed by atoms with Crippen LogP contribution in [-0.4, -0.2) is 11.9 Å². The van der Waals surface area contributed by atoms with Crippen LogP contribution in [0.1, 0.15) is 6.42 Å². The third kappa shape index (κ3) is 3.61. The van der Waals surface area contributed by atoms with Crippen molar-refractivity contribution in [3.8, 4) is 0 Å². The summed E-state index contributed by atoms with van der Waals surface area (Å²) < 4.78 is 26.5. The van der Waals surface area contributed by atoms with Crippen LogP contribution in [0.15, 0.2) is 29.3 Å². The van der Waals surface area contributed by atoms with Gasteiger partial charge in [-0.15, -0.1) is 6.58 Å². The average Bonchev–Trinajstić information content (AvgIpc) is 2.26. The van der Waals surface area contributed by atoms with E-state index in [1.54, 1.807) is 0 Å². The Labute approximate surface area is 106 Å². The lowest BCUT2D eigenvalue weighted by molar-refractivity contribution is -0.117. The van der Waals surface area contributed by atoms with Gasteiger partial charge in [-0.1, -0.05) is 6.08 Å². The fourth-order valence-electron chi connectivity index (χ4n) is 1.13. The molecule has 92 valence electrons. The van der Waals surface area contributed by atoms with Gasteiger partial charge in [0.2, 0.25) is 5.91 Å². The maximum absolute atomic E-state index is 13.4. The Morgan fingerprint density at radius 2 is 2.18 bits per heavy atom. The summed E-state index contributed by atoms with van der Waals surface area (Å²) >= 11 is 2.83. The predicted molar refractivity (Wildman–Crippen MR) is 65.5 cm³/mol. The summed E-state index contributed by atoms with van der Waals surface area (Å²) in [6.07, 6.45) is 1.73. The Morgan fingerprint density at radius 1 is 1.53 bits per heavy atom. The lowest BCUT2D eigenvalue weighted by atomic mass is 10.2. The molecule has 0 aromatic heterocycles. The van der Waals surface area contributed by atoms with E-state index in [2.05, 4.69) is 27.8 Å². The number of benzene rings is 1. The molecule has 3 nitrogen and oxygen atoms in total. The summed E-state index contributed by atoms with van der Waals surface area (Å²) in [5.74, 6) is -2.00. The standard InChI is InChI=1S/C11H11BrF2N2O/c1-2-3-9(15)11(17)16-10-5-7(13)6(12)4-8(10)14/h2,4-5,9H,1,3,15H2,(H,16,17). The van der Waals surface area contributed by atoms with Crippen molar-refractivity contribution in [2.45, 2.75) is 12.5 Å². The van der Waals surface area contributed by atoms with Crippen LogP contribution in [0.3, 0.4) is 0 Å². The first-order valence-electron chi connectivity index (χ1n) is 4.77. The fraction of sp³-hybridized carbons (Fsp3) is 0.182. The highest BCUT2D eigenvalue weighted by atomic mass is 79.9. The molecule has 0 fully saturated rings. The Balaban J connectivity index is 2.85. The second kappa shape index (κ2) is 5.88. The van der Waals surface area contributed by atoms with Gasteiger partial charge in [0.1, 0.15) is 11.6 Å². The topological polar surface area (TPSA) is 55.1 Å². The van der Waals surface area contributed by atoms with Crippen molar-refractivity contribution in [2.75, 3.05) is 5.32 Å². The molecule has 0 radical (unpaired) electrons. The maximum Gasteiger partial charge on any atom is 0.241 e. The molecule has 17 heavy (non-hydrogen) atoms. The van der Waals surface area contributed by atoms with E-state index in [0.717, 1.165) is 12.1 Å². The summed E-state index contributed by atoms with van der Waals surface area (Å²) in [5, 5.41) is 2.22. The number of nitrogens with two attached hydrogens (primary N) is 1. The number of carbonyl (C=O) groups excluding carboxylic acids is 1. The van der Waals surface area contributed by atoms with Crippen molar-refractivity contribution in [1.82, 2.24) is 0 Å². The molecule has 1 unspecified atom stereocenters. The highest BCUT2D eigenvalue weighted by molar-refractivity contribution is 9.10. The van der Waals surface area contributed by atoms with Crippen molar-refractivity contribution in [2.24, 2.45) is 5.73 Å². The van der Waals surface area contributed by atoms with Gasteiger partial charge in [-0.05, 0) is 28.4 Å². The van der Waals surface area contributed by atoms with Crippen molar-refractivity contribution >= 4 is 27.5 Å². The highest BCUT2D eigenvalue weighted by Crippen LogP contribution is 2.23. The molecule has 0 aliphatic carbocycles. The van der Waals surface area contributed by atoms with Crippen LogP contribution in [-0.2, 0) is 4.79 Å². The number of rotatable bonds is 4. The molecule has 0 bridgehead atoms. The zero-order valence-corrected chi connectivity index (χ0v) is 10.4. The van der Waals surface area contributed by atoms with E-state index < -0.39 is 23.6 Å². The van der Waals surface area contributed by atoms with Gasteiger partial charge in [0.25, 0.3) is 0 Å². The second-order valence-corrected chi connectivity index (χ2v) is 4.22. The molecule has 0 heterocycles. The van der Waals surface area contributed by atoms with Gasteiger partial charge in [-0.3, -0.25) is 4.79 Å². The zero-order chi connectivity index (χ0) is 13.0. The van der Waals surface area contributed by atoms with Gasteiger partial charge in [-0.2, -0.15) is 0 Å². The summed E-state index contributed by atoms with van der Waals surface area (Å²) in [6, 6.07) is 0.987. The Morgan fingerprint density at radius 3 is 2.76 bits per heavy atom. The van der Waals surface area contributed by atoms with Gasteiger partial charge < -0.3 is 11.1 Å². The van der Waals surface area contributed by atoms with E-state index in [4.69, 9.17) is 5.73 Å². The van der Waals surface area contributed by atoms with E-state index in [9.17, 15) is 13.6 Å². The molecule has 3 N–H and O–H groups in total. The van der Waals surface area contributed by atoms with Crippen LogP contribution >= 0.6 is 15.9 Å². The van der Waals surface area contributed by atoms with E-state index in [1.807, 2.05) is 0 Å². The lowest BCUT2D eigenvalue weighted by Crippen LogP contribution is -2.35. The average molecular weight is 305 g/mol. The zero-order valence-electron chi connectivity index (χ0n) is 8.84. The SMILES string of the molecule is C=CCC(N)C(=O)Nc1cc(F)c(Br)cc1F. The molecule has 0 spiro atoms. The van der Waals surface area contributed by atoms with Crippen molar-refractivity contribution in [3.05, 3.63) is 40.9 Å². The fourth-order valence-corrected chi connectivity index (χ4v) is 1.45. The normalized spacial score (nSPS) is 12.0. The highest BCUT2D eigenvalue weighted by Gasteiger charge is 2.15. The number of halogens is 3.